The minimum Gasteiger partial charge on any atom is -0.496 e. The first-order chi connectivity index (χ1) is 12.7. The standard InChI is InChI=1S/C23H36O3/c1-3-4-5-6-7-8-9-10-11-12-13-14-15-17-20-18-16-19-21(26-2)22(20)23(24)25/h8-9,16,18-19H,3-7,10-15,17H2,1-2H3,(H,24,25)/b9-8+. The lowest BCUT2D eigenvalue weighted by Crippen LogP contribution is -2.05. The fourth-order valence-corrected chi connectivity index (χ4v) is 3.23. The number of ether oxygens (including phenoxy) is 1. The Balaban J connectivity index is 2.13. The highest BCUT2D eigenvalue weighted by Crippen LogP contribution is 2.24. The Hall–Kier alpha value is -1.77. The molecule has 0 fully saturated rings. The Labute approximate surface area is 159 Å². The number of carbonyl (C=O) groups is 1. The lowest BCUT2D eigenvalue weighted by Gasteiger charge is -2.10. The van der Waals surface area contributed by atoms with Crippen LogP contribution in [0.5, 0.6) is 5.75 Å². The van der Waals surface area contributed by atoms with Gasteiger partial charge in [-0.3, -0.25) is 0 Å². The molecule has 0 atom stereocenters. The number of carboxylic acid groups (broad SMARTS) is 1. The highest BCUT2D eigenvalue weighted by atomic mass is 16.5. The van der Waals surface area contributed by atoms with Crippen molar-refractivity contribution in [3.05, 3.63) is 41.5 Å². The van der Waals surface area contributed by atoms with Crippen molar-refractivity contribution < 1.29 is 14.6 Å². The molecule has 3 heteroatoms. The van der Waals surface area contributed by atoms with E-state index < -0.39 is 5.97 Å². The van der Waals surface area contributed by atoms with E-state index in [0.717, 1.165) is 24.8 Å². The van der Waals surface area contributed by atoms with Crippen LogP contribution in [-0.4, -0.2) is 18.2 Å². The summed E-state index contributed by atoms with van der Waals surface area (Å²) in [5.74, 6) is -0.449. The summed E-state index contributed by atoms with van der Waals surface area (Å²) in [6.45, 7) is 2.25. The topological polar surface area (TPSA) is 46.5 Å². The van der Waals surface area contributed by atoms with Crippen molar-refractivity contribution in [3.63, 3.8) is 0 Å². The molecule has 1 N–H and O–H groups in total. The molecule has 3 nitrogen and oxygen atoms in total. The fourth-order valence-electron chi connectivity index (χ4n) is 3.23. The van der Waals surface area contributed by atoms with E-state index in [1.54, 1.807) is 6.07 Å². The van der Waals surface area contributed by atoms with Gasteiger partial charge in [0.15, 0.2) is 0 Å². The SMILES string of the molecule is CCCCCC/C=C/CCCCCCCc1cccc(OC)c1C(=O)O. The predicted octanol–water partition coefficient (Wildman–Crippen LogP) is 6.80. The van der Waals surface area contributed by atoms with Crippen LogP contribution in [0.3, 0.4) is 0 Å². The molecule has 146 valence electrons. The first-order valence-corrected chi connectivity index (χ1v) is 10.2. The maximum atomic E-state index is 11.4. The quantitative estimate of drug-likeness (QED) is 0.276. The molecule has 0 aromatic heterocycles. The Bertz CT molecular complexity index is 534. The number of rotatable bonds is 15. The fraction of sp³-hybridized carbons (Fsp3) is 0.609. The second-order valence-electron chi connectivity index (χ2n) is 6.93. The average Bonchev–Trinajstić information content (AvgIpc) is 2.65. The lowest BCUT2D eigenvalue weighted by molar-refractivity contribution is 0.0692. The van der Waals surface area contributed by atoms with Gasteiger partial charge in [0.1, 0.15) is 11.3 Å². The summed E-state index contributed by atoms with van der Waals surface area (Å²) in [5.41, 5.74) is 1.20. The largest absolute Gasteiger partial charge is 0.496 e. The first-order valence-electron chi connectivity index (χ1n) is 10.2. The van der Waals surface area contributed by atoms with Crippen LogP contribution in [0.15, 0.2) is 30.4 Å². The Morgan fingerprint density at radius 1 is 0.962 bits per heavy atom. The van der Waals surface area contributed by atoms with Gasteiger partial charge in [-0.15, -0.1) is 0 Å². The Morgan fingerprint density at radius 2 is 1.58 bits per heavy atom. The molecule has 0 radical (unpaired) electrons. The molecular formula is C23H36O3. The minimum atomic E-state index is -0.904. The highest BCUT2D eigenvalue weighted by molar-refractivity contribution is 5.92. The normalized spacial score (nSPS) is 11.2. The third kappa shape index (κ3) is 9.07. The highest BCUT2D eigenvalue weighted by Gasteiger charge is 2.15. The third-order valence-corrected chi connectivity index (χ3v) is 4.75. The van der Waals surface area contributed by atoms with Crippen LogP contribution in [0.25, 0.3) is 0 Å². The zero-order valence-electron chi connectivity index (χ0n) is 16.6. The van der Waals surface area contributed by atoms with Gasteiger partial charge in [-0.25, -0.2) is 4.79 Å². The van der Waals surface area contributed by atoms with Crippen LogP contribution in [0.2, 0.25) is 0 Å². The number of hydrogen-bond acceptors (Lipinski definition) is 2. The second-order valence-corrected chi connectivity index (χ2v) is 6.93. The summed E-state index contributed by atoms with van der Waals surface area (Å²) in [4.78, 5) is 11.4. The number of aromatic carboxylic acids is 1. The van der Waals surface area contributed by atoms with E-state index in [0.29, 0.717) is 11.3 Å². The van der Waals surface area contributed by atoms with E-state index in [2.05, 4.69) is 19.1 Å². The maximum Gasteiger partial charge on any atom is 0.339 e. The molecule has 1 aromatic rings. The van der Waals surface area contributed by atoms with E-state index in [9.17, 15) is 9.90 Å². The van der Waals surface area contributed by atoms with Gasteiger partial charge in [0.25, 0.3) is 0 Å². The maximum absolute atomic E-state index is 11.4. The number of unbranched alkanes of at least 4 members (excludes halogenated alkanes) is 9. The minimum absolute atomic E-state index is 0.319. The number of allylic oxidation sites excluding steroid dienone is 2. The molecule has 0 aliphatic carbocycles. The van der Waals surface area contributed by atoms with E-state index in [1.165, 1.54) is 64.9 Å². The van der Waals surface area contributed by atoms with Gasteiger partial charge in [-0.05, 0) is 50.2 Å². The smallest absolute Gasteiger partial charge is 0.339 e. The molecule has 0 unspecified atom stereocenters. The number of hydrogen-bond donors (Lipinski definition) is 1. The summed E-state index contributed by atoms with van der Waals surface area (Å²) in [6, 6.07) is 5.48. The third-order valence-electron chi connectivity index (χ3n) is 4.75. The average molecular weight is 361 g/mol. The molecule has 0 aliphatic heterocycles. The van der Waals surface area contributed by atoms with Crippen molar-refractivity contribution in [2.45, 2.75) is 84.0 Å². The summed E-state index contributed by atoms with van der Waals surface area (Å²) < 4.78 is 5.18. The van der Waals surface area contributed by atoms with Gasteiger partial charge in [0, 0.05) is 0 Å². The molecule has 0 aliphatic rings. The van der Waals surface area contributed by atoms with E-state index in [-0.39, 0.29) is 0 Å². The Kier molecular flexibility index (Phi) is 12.3. The number of benzene rings is 1. The Morgan fingerprint density at radius 3 is 2.19 bits per heavy atom. The van der Waals surface area contributed by atoms with Crippen molar-refractivity contribution in [2.24, 2.45) is 0 Å². The van der Waals surface area contributed by atoms with E-state index in [4.69, 9.17) is 4.74 Å². The molecular weight excluding hydrogens is 324 g/mol. The molecule has 26 heavy (non-hydrogen) atoms. The van der Waals surface area contributed by atoms with Crippen LogP contribution in [0.1, 0.15) is 93.5 Å². The molecule has 0 saturated heterocycles. The molecule has 1 aromatic carbocycles. The van der Waals surface area contributed by atoms with Crippen LogP contribution in [0, 0.1) is 0 Å². The van der Waals surface area contributed by atoms with Gasteiger partial charge in [-0.1, -0.05) is 69.7 Å². The van der Waals surface area contributed by atoms with Crippen molar-refractivity contribution in [3.8, 4) is 5.75 Å². The monoisotopic (exact) mass is 360 g/mol. The number of carboxylic acids is 1. The lowest BCUT2D eigenvalue weighted by atomic mass is 9.99. The zero-order valence-corrected chi connectivity index (χ0v) is 16.6. The van der Waals surface area contributed by atoms with Crippen molar-refractivity contribution in [1.29, 1.82) is 0 Å². The zero-order chi connectivity index (χ0) is 19.0. The van der Waals surface area contributed by atoms with Crippen LogP contribution >= 0.6 is 0 Å². The van der Waals surface area contributed by atoms with Crippen molar-refractivity contribution in [1.82, 2.24) is 0 Å². The van der Waals surface area contributed by atoms with Gasteiger partial charge in [-0.2, -0.15) is 0 Å². The van der Waals surface area contributed by atoms with Gasteiger partial charge in [0.2, 0.25) is 0 Å². The van der Waals surface area contributed by atoms with E-state index >= 15 is 0 Å². The predicted molar refractivity (Wildman–Crippen MR) is 109 cm³/mol. The van der Waals surface area contributed by atoms with E-state index in [1.807, 2.05) is 12.1 Å². The van der Waals surface area contributed by atoms with Crippen molar-refractivity contribution in [2.75, 3.05) is 7.11 Å². The number of aryl methyl sites for hydroxylation is 1. The summed E-state index contributed by atoms with van der Waals surface area (Å²) in [7, 11) is 1.52. The molecule has 0 amide bonds. The van der Waals surface area contributed by atoms with Crippen LogP contribution < -0.4 is 4.74 Å². The van der Waals surface area contributed by atoms with Crippen molar-refractivity contribution >= 4 is 5.97 Å². The van der Waals surface area contributed by atoms with Gasteiger partial charge >= 0.3 is 5.97 Å². The van der Waals surface area contributed by atoms with Crippen LogP contribution in [0.4, 0.5) is 0 Å². The summed E-state index contributed by atoms with van der Waals surface area (Å²) in [6.07, 6.45) is 19.1. The molecule has 0 spiro atoms. The molecule has 0 saturated carbocycles. The van der Waals surface area contributed by atoms with Crippen LogP contribution in [-0.2, 0) is 6.42 Å². The summed E-state index contributed by atoms with van der Waals surface area (Å²) in [5, 5.41) is 9.40. The van der Waals surface area contributed by atoms with Gasteiger partial charge < -0.3 is 9.84 Å². The second kappa shape index (κ2) is 14.4. The summed E-state index contributed by atoms with van der Waals surface area (Å²) >= 11 is 0. The number of methoxy groups -OCH3 is 1. The molecule has 1 rings (SSSR count). The first kappa shape index (κ1) is 22.3. The molecule has 0 bridgehead atoms. The molecule has 0 heterocycles. The van der Waals surface area contributed by atoms with Gasteiger partial charge in [0.05, 0.1) is 7.11 Å².